The quantitative estimate of drug-likeness (QED) is 0.700. The maximum absolute atomic E-state index is 11.6. The van der Waals surface area contributed by atoms with Crippen LogP contribution in [0.1, 0.15) is 15.9 Å². The summed E-state index contributed by atoms with van der Waals surface area (Å²) in [6, 6.07) is 8.92. The van der Waals surface area contributed by atoms with Crippen molar-refractivity contribution in [2.24, 2.45) is 0 Å². The third-order valence-corrected chi connectivity index (χ3v) is 4.39. The molecule has 0 spiro atoms. The van der Waals surface area contributed by atoms with Gasteiger partial charge in [-0.25, -0.2) is 4.79 Å². The Hall–Kier alpha value is -2.41. The number of hydrogen-bond acceptors (Lipinski definition) is 6. The van der Waals surface area contributed by atoms with Crippen molar-refractivity contribution >= 4 is 27.6 Å². The van der Waals surface area contributed by atoms with Gasteiger partial charge in [-0.2, -0.15) is 0 Å². The van der Waals surface area contributed by atoms with Gasteiger partial charge in [0.05, 0.1) is 39.7 Å². The number of carbonyl (C=O) groups excluding carboxylic acids is 1. The second kappa shape index (κ2) is 8.62. The smallest absolute Gasteiger partial charge is 0.337 e. The van der Waals surface area contributed by atoms with Crippen LogP contribution in [0.15, 0.2) is 34.8 Å². The normalized spacial score (nSPS) is 10.1. The molecule has 0 amide bonds. The minimum atomic E-state index is -0.410. The minimum Gasteiger partial charge on any atom is -0.495 e. The molecule has 0 aliphatic carbocycles. The Bertz CT molecular complexity index is 738. The van der Waals surface area contributed by atoms with Gasteiger partial charge in [0.1, 0.15) is 21.7 Å². The van der Waals surface area contributed by atoms with E-state index in [-0.39, 0.29) is 0 Å². The van der Waals surface area contributed by atoms with E-state index >= 15 is 0 Å². The second-order valence-electron chi connectivity index (χ2n) is 5.07. The maximum Gasteiger partial charge on any atom is 0.337 e. The Balaban J connectivity index is 2.22. The Morgan fingerprint density at radius 2 is 1.56 bits per heavy atom. The lowest BCUT2D eigenvalue weighted by molar-refractivity contribution is 0.0600. The van der Waals surface area contributed by atoms with Gasteiger partial charge in [-0.05, 0) is 51.8 Å². The van der Waals surface area contributed by atoms with Crippen molar-refractivity contribution in [3.05, 3.63) is 45.9 Å². The number of esters is 1. The van der Waals surface area contributed by atoms with E-state index in [2.05, 4.69) is 21.2 Å². The number of nitrogens with one attached hydrogen (secondary N) is 1. The molecule has 134 valence electrons. The molecular formula is C18H20BrNO5. The van der Waals surface area contributed by atoms with Gasteiger partial charge in [0.2, 0.25) is 0 Å². The Morgan fingerprint density at radius 3 is 2.08 bits per heavy atom. The standard InChI is InChI=1S/C18H20BrNO5/c1-22-14-9-12(18(21)25-4)5-6-13(14)20-10-11-7-15(23-2)17(19)16(8-11)24-3/h5-9,20H,10H2,1-4H3. The SMILES string of the molecule is COC(=O)c1ccc(NCc2cc(OC)c(Br)c(OC)c2)c(OC)c1. The van der Waals surface area contributed by atoms with Crippen molar-refractivity contribution in [3.63, 3.8) is 0 Å². The van der Waals surface area contributed by atoms with Crippen molar-refractivity contribution in [2.45, 2.75) is 6.54 Å². The highest BCUT2D eigenvalue weighted by molar-refractivity contribution is 9.10. The van der Waals surface area contributed by atoms with Crippen molar-refractivity contribution in [3.8, 4) is 17.2 Å². The van der Waals surface area contributed by atoms with Gasteiger partial charge in [0.25, 0.3) is 0 Å². The first-order valence-corrected chi connectivity index (χ1v) is 8.24. The van der Waals surface area contributed by atoms with E-state index in [1.54, 1.807) is 39.5 Å². The molecule has 0 unspecified atom stereocenters. The number of rotatable bonds is 7. The van der Waals surface area contributed by atoms with Gasteiger partial charge in [-0.3, -0.25) is 0 Å². The summed E-state index contributed by atoms with van der Waals surface area (Å²) in [6.07, 6.45) is 0. The fraction of sp³-hybridized carbons (Fsp3) is 0.278. The molecule has 0 radical (unpaired) electrons. The largest absolute Gasteiger partial charge is 0.495 e. The number of benzene rings is 2. The highest BCUT2D eigenvalue weighted by Crippen LogP contribution is 2.36. The molecule has 2 aromatic carbocycles. The first kappa shape index (κ1) is 18.9. The first-order chi connectivity index (χ1) is 12.0. The molecule has 0 aromatic heterocycles. The van der Waals surface area contributed by atoms with Gasteiger partial charge < -0.3 is 24.3 Å². The number of halogens is 1. The van der Waals surface area contributed by atoms with E-state index in [4.69, 9.17) is 18.9 Å². The summed E-state index contributed by atoms with van der Waals surface area (Å²) >= 11 is 3.45. The molecule has 0 saturated heterocycles. The Kier molecular flexibility index (Phi) is 6.52. The number of hydrogen-bond donors (Lipinski definition) is 1. The van der Waals surface area contributed by atoms with E-state index in [1.807, 2.05) is 12.1 Å². The van der Waals surface area contributed by atoms with Crippen LogP contribution in [0.2, 0.25) is 0 Å². The number of ether oxygens (including phenoxy) is 4. The summed E-state index contributed by atoms with van der Waals surface area (Å²) in [5, 5.41) is 3.28. The molecule has 2 rings (SSSR count). The molecule has 0 heterocycles. The monoisotopic (exact) mass is 409 g/mol. The van der Waals surface area contributed by atoms with Crippen LogP contribution in [-0.2, 0) is 11.3 Å². The van der Waals surface area contributed by atoms with Crippen LogP contribution in [0.25, 0.3) is 0 Å². The third kappa shape index (κ3) is 4.36. The minimum absolute atomic E-state index is 0.410. The molecule has 1 N–H and O–H groups in total. The van der Waals surface area contributed by atoms with Crippen LogP contribution >= 0.6 is 15.9 Å². The summed E-state index contributed by atoms with van der Waals surface area (Å²) in [5.41, 5.74) is 2.16. The van der Waals surface area contributed by atoms with Gasteiger partial charge in [-0.1, -0.05) is 0 Å². The van der Waals surface area contributed by atoms with Crippen LogP contribution in [-0.4, -0.2) is 34.4 Å². The number of methoxy groups -OCH3 is 4. The molecule has 6 nitrogen and oxygen atoms in total. The zero-order valence-electron chi connectivity index (χ0n) is 14.5. The molecule has 7 heteroatoms. The Labute approximate surface area is 155 Å². The third-order valence-electron chi connectivity index (χ3n) is 3.61. The fourth-order valence-electron chi connectivity index (χ4n) is 2.31. The van der Waals surface area contributed by atoms with Crippen molar-refractivity contribution in [1.82, 2.24) is 0 Å². The van der Waals surface area contributed by atoms with Crippen molar-refractivity contribution in [1.29, 1.82) is 0 Å². The van der Waals surface area contributed by atoms with Crippen molar-refractivity contribution < 1.29 is 23.7 Å². The predicted octanol–water partition coefficient (Wildman–Crippen LogP) is 3.87. The lowest BCUT2D eigenvalue weighted by Crippen LogP contribution is -2.05. The van der Waals surface area contributed by atoms with Gasteiger partial charge in [0.15, 0.2) is 0 Å². The van der Waals surface area contributed by atoms with Crippen LogP contribution in [0.5, 0.6) is 17.2 Å². The fourth-order valence-corrected chi connectivity index (χ4v) is 2.86. The topological polar surface area (TPSA) is 66.0 Å². The lowest BCUT2D eigenvalue weighted by Gasteiger charge is -2.14. The highest BCUT2D eigenvalue weighted by atomic mass is 79.9. The van der Waals surface area contributed by atoms with E-state index < -0.39 is 5.97 Å². The molecule has 25 heavy (non-hydrogen) atoms. The summed E-state index contributed by atoms with van der Waals surface area (Å²) in [7, 11) is 6.10. The average Bonchev–Trinajstić information content (AvgIpc) is 2.66. The van der Waals surface area contributed by atoms with Crippen LogP contribution in [0.4, 0.5) is 5.69 Å². The van der Waals surface area contributed by atoms with E-state index in [0.29, 0.717) is 29.4 Å². The molecule has 0 fully saturated rings. The molecule has 0 aliphatic rings. The zero-order chi connectivity index (χ0) is 18.4. The van der Waals surface area contributed by atoms with E-state index in [1.165, 1.54) is 7.11 Å². The molecule has 0 bridgehead atoms. The first-order valence-electron chi connectivity index (χ1n) is 7.44. The lowest BCUT2D eigenvalue weighted by atomic mass is 10.1. The molecule has 0 saturated carbocycles. The second-order valence-corrected chi connectivity index (χ2v) is 5.87. The highest BCUT2D eigenvalue weighted by Gasteiger charge is 2.12. The predicted molar refractivity (Wildman–Crippen MR) is 98.9 cm³/mol. The zero-order valence-corrected chi connectivity index (χ0v) is 16.1. The van der Waals surface area contributed by atoms with E-state index in [0.717, 1.165) is 15.7 Å². The molecular weight excluding hydrogens is 390 g/mol. The average molecular weight is 410 g/mol. The van der Waals surface area contributed by atoms with Gasteiger partial charge in [-0.15, -0.1) is 0 Å². The Morgan fingerprint density at radius 1 is 0.960 bits per heavy atom. The van der Waals surface area contributed by atoms with E-state index in [9.17, 15) is 4.79 Å². The molecule has 0 aliphatic heterocycles. The summed E-state index contributed by atoms with van der Waals surface area (Å²) in [6.45, 7) is 0.522. The number of anilines is 1. The van der Waals surface area contributed by atoms with Gasteiger partial charge in [0, 0.05) is 6.54 Å². The van der Waals surface area contributed by atoms with Crippen molar-refractivity contribution in [2.75, 3.05) is 33.8 Å². The van der Waals surface area contributed by atoms with Crippen LogP contribution in [0.3, 0.4) is 0 Å². The molecule has 2 aromatic rings. The summed E-state index contributed by atoms with van der Waals surface area (Å²) in [5.74, 6) is 1.51. The van der Waals surface area contributed by atoms with Crippen LogP contribution < -0.4 is 19.5 Å². The summed E-state index contributed by atoms with van der Waals surface area (Å²) in [4.78, 5) is 11.6. The summed E-state index contributed by atoms with van der Waals surface area (Å²) < 4.78 is 21.5. The molecule has 0 atom stereocenters. The maximum atomic E-state index is 11.6. The van der Waals surface area contributed by atoms with Gasteiger partial charge >= 0.3 is 5.97 Å². The van der Waals surface area contributed by atoms with Crippen LogP contribution in [0, 0.1) is 0 Å². The number of carbonyl (C=O) groups is 1.